The second kappa shape index (κ2) is 9.37. The van der Waals surface area contributed by atoms with Crippen LogP contribution in [0.4, 0.5) is 5.82 Å². The van der Waals surface area contributed by atoms with E-state index in [1.807, 2.05) is 17.5 Å². The van der Waals surface area contributed by atoms with Crippen molar-refractivity contribution in [3.8, 4) is 22.5 Å². The maximum absolute atomic E-state index is 4.68. The average molecular weight is 513 g/mol. The van der Waals surface area contributed by atoms with Crippen LogP contribution in [-0.4, -0.2) is 19.9 Å². The number of halogens is 1. The van der Waals surface area contributed by atoms with E-state index in [-0.39, 0.29) is 0 Å². The Morgan fingerprint density at radius 1 is 1.17 bits per heavy atom. The average Bonchev–Trinajstić information content (AvgIpc) is 3.39. The van der Waals surface area contributed by atoms with E-state index in [0.717, 1.165) is 41.3 Å². The molecule has 2 N–H and O–H groups in total. The number of thiophene rings is 1. The molecule has 0 aliphatic rings. The summed E-state index contributed by atoms with van der Waals surface area (Å²) < 4.78 is 1.21. The highest BCUT2D eigenvalue weighted by Gasteiger charge is 2.14. The highest BCUT2D eigenvalue weighted by Crippen LogP contribution is 2.27. The summed E-state index contributed by atoms with van der Waals surface area (Å²) >= 11 is 3.96. The molecule has 0 saturated heterocycles. The Morgan fingerprint density at radius 3 is 2.90 bits per heavy atom. The number of benzene rings is 1. The minimum Gasteiger partial charge on any atom is -0.364 e. The number of aromatic amines is 1. The zero-order valence-corrected chi connectivity index (χ0v) is 19.0. The lowest BCUT2D eigenvalue weighted by molar-refractivity contribution is 0.828. The molecule has 5 nitrogen and oxygen atoms in total. The zero-order chi connectivity index (χ0) is 20.1. The molecule has 4 rings (SSSR count). The van der Waals surface area contributed by atoms with Gasteiger partial charge in [0.1, 0.15) is 5.52 Å². The van der Waals surface area contributed by atoms with Gasteiger partial charge < -0.3 is 10.3 Å². The van der Waals surface area contributed by atoms with Crippen LogP contribution in [0.2, 0.25) is 0 Å². The van der Waals surface area contributed by atoms with Gasteiger partial charge in [0.2, 0.25) is 5.82 Å². The molecule has 0 fully saturated rings. The third kappa shape index (κ3) is 4.95. The highest BCUT2D eigenvalue weighted by atomic mass is 127. The van der Waals surface area contributed by atoms with E-state index in [2.05, 4.69) is 90.9 Å². The first-order chi connectivity index (χ1) is 14.2. The van der Waals surface area contributed by atoms with Crippen LogP contribution in [0, 0.1) is 15.4 Å². The summed E-state index contributed by atoms with van der Waals surface area (Å²) in [4.78, 5) is 18.4. The number of nitrogens with zero attached hydrogens (tertiary/aromatic N) is 3. The minimum atomic E-state index is 0.503. The Labute approximate surface area is 187 Å². The van der Waals surface area contributed by atoms with E-state index in [0.29, 0.717) is 18.0 Å². The second-order valence-corrected chi connectivity index (χ2v) is 8.74. The van der Waals surface area contributed by atoms with Gasteiger partial charge in [0.05, 0.1) is 4.88 Å². The molecule has 3 heterocycles. The second-order valence-electron chi connectivity index (χ2n) is 6.55. The number of aromatic nitrogens is 4. The van der Waals surface area contributed by atoms with E-state index in [9.17, 15) is 0 Å². The van der Waals surface area contributed by atoms with Gasteiger partial charge in [0.25, 0.3) is 0 Å². The molecule has 0 bridgehead atoms. The minimum absolute atomic E-state index is 0.503. The van der Waals surface area contributed by atoms with Gasteiger partial charge in [-0.3, -0.25) is 0 Å². The van der Waals surface area contributed by atoms with Crippen molar-refractivity contribution < 1.29 is 0 Å². The fraction of sp³-hybridized carbons (Fsp3) is 0.227. The summed E-state index contributed by atoms with van der Waals surface area (Å²) in [5, 5.41) is 5.48. The molecule has 0 amide bonds. The fourth-order valence-corrected chi connectivity index (χ4v) is 4.13. The maximum Gasteiger partial charge on any atom is 0.209 e. The first-order valence-corrected chi connectivity index (χ1v) is 11.5. The molecule has 29 heavy (non-hydrogen) atoms. The third-order valence-electron chi connectivity index (χ3n) is 4.31. The number of anilines is 1. The Balaban J connectivity index is 1.69. The van der Waals surface area contributed by atoms with Gasteiger partial charge in [-0.25, -0.2) is 9.97 Å². The molecule has 0 aliphatic carbocycles. The number of fused-ring (bicyclic) bond motifs is 1. The number of rotatable bonds is 6. The van der Waals surface area contributed by atoms with Crippen LogP contribution in [0.1, 0.15) is 37.6 Å². The largest absolute Gasteiger partial charge is 0.364 e. The summed E-state index contributed by atoms with van der Waals surface area (Å²) in [6.45, 7) is 2.83. The van der Waals surface area contributed by atoms with Gasteiger partial charge in [-0.05, 0) is 64.1 Å². The lowest BCUT2D eigenvalue weighted by Gasteiger charge is -2.07. The lowest BCUT2D eigenvalue weighted by atomic mass is 10.2. The summed E-state index contributed by atoms with van der Waals surface area (Å²) in [6, 6.07) is 12.5. The fourth-order valence-electron chi connectivity index (χ4n) is 2.85. The smallest absolute Gasteiger partial charge is 0.209 e. The Hall–Kier alpha value is -2.44. The van der Waals surface area contributed by atoms with Crippen molar-refractivity contribution in [3.05, 3.63) is 56.7 Å². The monoisotopic (exact) mass is 513 g/mol. The van der Waals surface area contributed by atoms with Crippen LogP contribution in [-0.2, 0) is 6.54 Å². The molecule has 0 aliphatic heterocycles. The van der Waals surface area contributed by atoms with Gasteiger partial charge in [-0.1, -0.05) is 37.5 Å². The molecule has 0 spiro atoms. The van der Waals surface area contributed by atoms with Crippen molar-refractivity contribution in [2.75, 3.05) is 5.32 Å². The first kappa shape index (κ1) is 19.9. The van der Waals surface area contributed by atoms with Gasteiger partial charge in [0, 0.05) is 16.5 Å². The summed E-state index contributed by atoms with van der Waals surface area (Å²) in [5.74, 6) is 8.30. The molecule has 0 radical (unpaired) electrons. The molecule has 0 atom stereocenters. The van der Waals surface area contributed by atoms with Gasteiger partial charge in [-0.15, -0.1) is 11.3 Å². The molecule has 0 unspecified atom stereocenters. The quantitative estimate of drug-likeness (QED) is 0.193. The summed E-state index contributed by atoms with van der Waals surface area (Å²) in [7, 11) is 0. The standard InChI is InChI=1S/C22H20IN5S/c1-2-3-4-5-11-18-25-21(24-14-15-8-6-9-16(23)13-15)19-22(26-18)28-20(27-19)17-10-7-12-29-17/h6-10,12-13H,2-4,14H2,1H3,(H2,24,25,26,27,28). The van der Waals surface area contributed by atoms with Crippen molar-refractivity contribution in [1.29, 1.82) is 0 Å². The molecular weight excluding hydrogens is 493 g/mol. The summed E-state index contributed by atoms with van der Waals surface area (Å²) in [5.41, 5.74) is 2.63. The van der Waals surface area contributed by atoms with Gasteiger partial charge >= 0.3 is 0 Å². The van der Waals surface area contributed by atoms with Crippen molar-refractivity contribution in [2.24, 2.45) is 0 Å². The molecule has 7 heteroatoms. The predicted molar refractivity (Wildman–Crippen MR) is 128 cm³/mol. The van der Waals surface area contributed by atoms with Crippen LogP contribution in [0.5, 0.6) is 0 Å². The normalized spacial score (nSPS) is 10.7. The Kier molecular flexibility index (Phi) is 6.42. The van der Waals surface area contributed by atoms with Crippen LogP contribution in [0.3, 0.4) is 0 Å². The lowest BCUT2D eigenvalue weighted by Crippen LogP contribution is -2.04. The Morgan fingerprint density at radius 2 is 2.10 bits per heavy atom. The first-order valence-electron chi connectivity index (χ1n) is 9.51. The molecule has 3 aromatic heterocycles. The predicted octanol–water partition coefficient (Wildman–Crippen LogP) is 5.84. The maximum atomic E-state index is 4.68. The SMILES string of the molecule is CCCCC#Cc1nc(NCc2cccc(I)c2)c2[nH]c(-c3cccs3)nc2n1. The molecule has 0 saturated carbocycles. The van der Waals surface area contributed by atoms with E-state index in [4.69, 9.17) is 0 Å². The van der Waals surface area contributed by atoms with Gasteiger partial charge in [0.15, 0.2) is 17.3 Å². The van der Waals surface area contributed by atoms with Gasteiger partial charge in [-0.2, -0.15) is 4.98 Å². The molecule has 146 valence electrons. The van der Waals surface area contributed by atoms with Crippen molar-refractivity contribution >= 4 is 50.9 Å². The van der Waals surface area contributed by atoms with Crippen molar-refractivity contribution in [3.63, 3.8) is 0 Å². The number of hydrogen-bond donors (Lipinski definition) is 2. The topological polar surface area (TPSA) is 66.5 Å². The molecule has 1 aromatic carbocycles. The van der Waals surface area contributed by atoms with Crippen LogP contribution in [0.15, 0.2) is 41.8 Å². The Bertz CT molecular complexity index is 1170. The third-order valence-corrected chi connectivity index (χ3v) is 5.86. The van der Waals surface area contributed by atoms with Crippen molar-refractivity contribution in [2.45, 2.75) is 32.7 Å². The van der Waals surface area contributed by atoms with E-state index < -0.39 is 0 Å². The number of nitrogens with one attached hydrogen (secondary N) is 2. The molecule has 4 aromatic rings. The van der Waals surface area contributed by atoms with E-state index in [1.54, 1.807) is 11.3 Å². The zero-order valence-electron chi connectivity index (χ0n) is 16.0. The number of H-pyrrole nitrogens is 1. The van der Waals surface area contributed by atoms with Crippen molar-refractivity contribution in [1.82, 2.24) is 19.9 Å². The number of hydrogen-bond acceptors (Lipinski definition) is 5. The number of imidazole rings is 1. The van der Waals surface area contributed by atoms with Crippen LogP contribution >= 0.6 is 33.9 Å². The number of unbranched alkanes of at least 4 members (excludes halogenated alkanes) is 2. The van der Waals surface area contributed by atoms with E-state index >= 15 is 0 Å². The van der Waals surface area contributed by atoms with E-state index in [1.165, 1.54) is 9.13 Å². The van der Waals surface area contributed by atoms with Crippen LogP contribution < -0.4 is 5.32 Å². The molecular formula is C22H20IN5S. The highest BCUT2D eigenvalue weighted by molar-refractivity contribution is 14.1. The van der Waals surface area contributed by atoms with Crippen LogP contribution in [0.25, 0.3) is 21.9 Å². The summed E-state index contributed by atoms with van der Waals surface area (Å²) in [6.07, 6.45) is 3.06.